The van der Waals surface area contributed by atoms with E-state index in [1.807, 2.05) is 6.07 Å². The molecule has 17 heavy (non-hydrogen) atoms. The van der Waals surface area contributed by atoms with Gasteiger partial charge in [-0.1, -0.05) is 22.0 Å². The molecule has 2 N–H and O–H groups in total. The van der Waals surface area contributed by atoms with Gasteiger partial charge in [-0.3, -0.25) is 4.79 Å². The molecule has 3 nitrogen and oxygen atoms in total. The van der Waals surface area contributed by atoms with E-state index in [4.69, 9.17) is 5.11 Å². The zero-order valence-corrected chi connectivity index (χ0v) is 11.6. The first kappa shape index (κ1) is 14.2. The van der Waals surface area contributed by atoms with E-state index in [2.05, 4.69) is 40.3 Å². The third-order valence-corrected chi connectivity index (χ3v) is 3.08. The lowest BCUT2D eigenvalue weighted by Crippen LogP contribution is -2.25. The molecule has 0 radical (unpaired) electrons. The quantitative estimate of drug-likeness (QED) is 0.846. The van der Waals surface area contributed by atoms with Gasteiger partial charge in [-0.2, -0.15) is 0 Å². The summed E-state index contributed by atoms with van der Waals surface area (Å²) in [4.78, 5) is 11.3. The molecule has 0 spiro atoms. The fourth-order valence-corrected chi connectivity index (χ4v) is 1.98. The number of rotatable bonds is 6. The Kier molecular flexibility index (Phi) is 6.22. The minimum Gasteiger partial charge on any atom is -0.396 e. The third-order valence-electron chi connectivity index (χ3n) is 2.59. The van der Waals surface area contributed by atoms with Gasteiger partial charge in [0.15, 0.2) is 0 Å². The summed E-state index contributed by atoms with van der Waals surface area (Å²) in [6.07, 6.45) is 1.76. The Morgan fingerprint density at radius 3 is 2.94 bits per heavy atom. The molecule has 0 aliphatic heterocycles. The highest BCUT2D eigenvalue weighted by atomic mass is 79.9. The van der Waals surface area contributed by atoms with Crippen LogP contribution < -0.4 is 5.32 Å². The molecule has 0 bridgehead atoms. The summed E-state index contributed by atoms with van der Waals surface area (Å²) in [5, 5.41) is 11.4. The third kappa shape index (κ3) is 5.33. The lowest BCUT2D eigenvalue weighted by Gasteiger charge is -2.08. The number of halogens is 1. The summed E-state index contributed by atoms with van der Waals surface area (Å²) < 4.78 is 1.06. The Morgan fingerprint density at radius 1 is 1.47 bits per heavy atom. The van der Waals surface area contributed by atoms with Crippen molar-refractivity contribution in [1.82, 2.24) is 5.32 Å². The predicted molar refractivity (Wildman–Crippen MR) is 71.9 cm³/mol. The van der Waals surface area contributed by atoms with Gasteiger partial charge >= 0.3 is 0 Å². The molecule has 0 heterocycles. The summed E-state index contributed by atoms with van der Waals surface area (Å²) >= 11 is 3.44. The predicted octanol–water partition coefficient (Wildman–Crippen LogP) is 2.19. The zero-order valence-electron chi connectivity index (χ0n) is 10.0. The van der Waals surface area contributed by atoms with Crippen LogP contribution in [0, 0.1) is 6.92 Å². The Bertz CT molecular complexity index is 380. The molecular formula is C13H18BrNO2. The molecule has 1 aromatic rings. The van der Waals surface area contributed by atoms with Gasteiger partial charge in [0.1, 0.15) is 0 Å². The summed E-state index contributed by atoms with van der Waals surface area (Å²) in [7, 11) is 0. The van der Waals surface area contributed by atoms with E-state index in [1.54, 1.807) is 0 Å². The fourth-order valence-electron chi connectivity index (χ4n) is 1.57. The summed E-state index contributed by atoms with van der Waals surface area (Å²) in [6.45, 7) is 2.77. The summed E-state index contributed by atoms with van der Waals surface area (Å²) in [5.74, 6) is 0.00620. The molecule has 4 heteroatoms. The number of amides is 1. The molecule has 0 saturated heterocycles. The van der Waals surface area contributed by atoms with Crippen molar-refractivity contribution in [3.8, 4) is 0 Å². The average molecular weight is 300 g/mol. The van der Waals surface area contributed by atoms with Crippen LogP contribution in [0.2, 0.25) is 0 Å². The minimum atomic E-state index is 0.00620. The van der Waals surface area contributed by atoms with Crippen LogP contribution in [0.4, 0.5) is 0 Å². The monoisotopic (exact) mass is 299 g/mol. The van der Waals surface area contributed by atoms with Crippen molar-refractivity contribution >= 4 is 21.8 Å². The van der Waals surface area contributed by atoms with E-state index < -0.39 is 0 Å². The molecule has 1 amide bonds. The Labute approximate surface area is 110 Å². The van der Waals surface area contributed by atoms with Crippen molar-refractivity contribution in [2.75, 3.05) is 13.2 Å². The molecular weight excluding hydrogens is 282 g/mol. The van der Waals surface area contributed by atoms with Gasteiger partial charge < -0.3 is 10.4 Å². The number of hydrogen-bond acceptors (Lipinski definition) is 2. The van der Waals surface area contributed by atoms with Crippen LogP contribution in [-0.2, 0) is 11.2 Å². The van der Waals surface area contributed by atoms with Crippen molar-refractivity contribution in [2.24, 2.45) is 0 Å². The van der Waals surface area contributed by atoms with Gasteiger partial charge in [-0.15, -0.1) is 0 Å². The van der Waals surface area contributed by atoms with E-state index in [0.717, 1.165) is 10.9 Å². The van der Waals surface area contributed by atoms with Gasteiger partial charge in [0, 0.05) is 24.0 Å². The topological polar surface area (TPSA) is 49.3 Å². The van der Waals surface area contributed by atoms with Gasteiger partial charge in [-0.25, -0.2) is 0 Å². The fraction of sp³-hybridized carbons (Fsp3) is 0.462. The Morgan fingerprint density at radius 2 is 2.24 bits per heavy atom. The first-order chi connectivity index (χ1) is 8.13. The van der Waals surface area contributed by atoms with Gasteiger partial charge in [0.2, 0.25) is 5.91 Å². The lowest BCUT2D eigenvalue weighted by atomic mass is 10.1. The SMILES string of the molecule is Cc1ccc(Br)cc1CCNC(=O)CCCO. The maximum absolute atomic E-state index is 11.3. The van der Waals surface area contributed by atoms with Gasteiger partial charge in [-0.05, 0) is 43.0 Å². The molecule has 0 aromatic heterocycles. The Hall–Kier alpha value is -0.870. The van der Waals surface area contributed by atoms with Crippen LogP contribution in [0.15, 0.2) is 22.7 Å². The van der Waals surface area contributed by atoms with Crippen LogP contribution in [0.3, 0.4) is 0 Å². The van der Waals surface area contributed by atoms with E-state index >= 15 is 0 Å². The lowest BCUT2D eigenvalue weighted by molar-refractivity contribution is -0.121. The normalized spacial score (nSPS) is 10.3. The van der Waals surface area contributed by atoms with E-state index in [9.17, 15) is 4.79 Å². The smallest absolute Gasteiger partial charge is 0.220 e. The van der Waals surface area contributed by atoms with Crippen molar-refractivity contribution in [1.29, 1.82) is 0 Å². The molecule has 0 aliphatic rings. The first-order valence-corrected chi connectivity index (χ1v) is 6.55. The maximum Gasteiger partial charge on any atom is 0.220 e. The molecule has 1 rings (SSSR count). The maximum atomic E-state index is 11.3. The highest BCUT2D eigenvalue weighted by Gasteiger charge is 2.02. The second-order valence-corrected chi connectivity index (χ2v) is 4.91. The van der Waals surface area contributed by atoms with E-state index in [0.29, 0.717) is 19.4 Å². The van der Waals surface area contributed by atoms with Crippen molar-refractivity contribution in [3.63, 3.8) is 0 Å². The van der Waals surface area contributed by atoms with E-state index in [1.165, 1.54) is 11.1 Å². The van der Waals surface area contributed by atoms with Crippen LogP contribution in [0.25, 0.3) is 0 Å². The van der Waals surface area contributed by atoms with Gasteiger partial charge in [0.25, 0.3) is 0 Å². The van der Waals surface area contributed by atoms with Crippen LogP contribution in [-0.4, -0.2) is 24.2 Å². The molecule has 0 saturated carbocycles. The molecule has 0 unspecified atom stereocenters. The molecule has 94 valence electrons. The highest BCUT2D eigenvalue weighted by Crippen LogP contribution is 2.16. The second-order valence-electron chi connectivity index (χ2n) is 4.00. The van der Waals surface area contributed by atoms with Crippen molar-refractivity contribution in [3.05, 3.63) is 33.8 Å². The number of benzene rings is 1. The van der Waals surface area contributed by atoms with Gasteiger partial charge in [0.05, 0.1) is 0 Å². The molecule has 0 atom stereocenters. The molecule has 0 aliphatic carbocycles. The highest BCUT2D eigenvalue weighted by molar-refractivity contribution is 9.10. The van der Waals surface area contributed by atoms with Crippen LogP contribution in [0.1, 0.15) is 24.0 Å². The number of aryl methyl sites for hydroxylation is 1. The minimum absolute atomic E-state index is 0.00620. The Balaban J connectivity index is 2.35. The number of carbonyl (C=O) groups is 1. The molecule has 1 aromatic carbocycles. The molecule has 0 fully saturated rings. The number of aliphatic hydroxyl groups is 1. The number of nitrogens with one attached hydrogen (secondary N) is 1. The number of carbonyl (C=O) groups excluding carboxylic acids is 1. The van der Waals surface area contributed by atoms with Crippen molar-refractivity contribution < 1.29 is 9.90 Å². The first-order valence-electron chi connectivity index (χ1n) is 5.76. The summed E-state index contributed by atoms with van der Waals surface area (Å²) in [5.41, 5.74) is 2.47. The largest absolute Gasteiger partial charge is 0.396 e. The van der Waals surface area contributed by atoms with Crippen LogP contribution >= 0.6 is 15.9 Å². The number of aliphatic hydroxyl groups excluding tert-OH is 1. The number of hydrogen-bond donors (Lipinski definition) is 2. The van der Waals surface area contributed by atoms with Crippen LogP contribution in [0.5, 0.6) is 0 Å². The zero-order chi connectivity index (χ0) is 12.7. The standard InChI is InChI=1S/C13H18BrNO2/c1-10-4-5-12(14)9-11(10)6-7-15-13(17)3-2-8-16/h4-5,9,16H,2-3,6-8H2,1H3,(H,15,17). The van der Waals surface area contributed by atoms with E-state index in [-0.39, 0.29) is 12.5 Å². The second kappa shape index (κ2) is 7.45. The van der Waals surface area contributed by atoms with Crippen molar-refractivity contribution in [2.45, 2.75) is 26.2 Å². The average Bonchev–Trinajstić information content (AvgIpc) is 2.31. The summed E-state index contributed by atoms with van der Waals surface area (Å²) in [6, 6.07) is 6.15.